The van der Waals surface area contributed by atoms with Gasteiger partial charge in [-0.2, -0.15) is 13.2 Å². The lowest BCUT2D eigenvalue weighted by atomic mass is 9.64. The van der Waals surface area contributed by atoms with Crippen molar-refractivity contribution in [1.82, 2.24) is 4.90 Å². The molecule has 2 bridgehead atoms. The van der Waals surface area contributed by atoms with Gasteiger partial charge in [0.15, 0.2) is 5.76 Å². The zero-order valence-electron chi connectivity index (χ0n) is 33.1. The van der Waals surface area contributed by atoms with Crippen molar-refractivity contribution in [3.8, 4) is 17.1 Å². The van der Waals surface area contributed by atoms with Gasteiger partial charge in [-0.1, -0.05) is 54.4 Å². The highest BCUT2D eigenvalue weighted by atomic mass is 35.5. The Labute approximate surface area is 349 Å². The highest BCUT2D eigenvalue weighted by Crippen LogP contribution is 2.59. The average molecular weight is 864 g/mol. The van der Waals surface area contributed by atoms with Crippen LogP contribution in [-0.2, 0) is 19.1 Å². The molecule has 324 valence electrons. The molecule has 1 fully saturated rings. The first kappa shape index (κ1) is 45.3. The Morgan fingerprint density at radius 2 is 1.73 bits per heavy atom. The maximum Gasteiger partial charge on any atom is 0.573 e. The van der Waals surface area contributed by atoms with E-state index in [1.807, 2.05) is 26.0 Å². The number of allylic oxidation sites excluding steroid dienone is 2. The van der Waals surface area contributed by atoms with Crippen LogP contribution in [0.2, 0.25) is 5.02 Å². The lowest BCUT2D eigenvalue weighted by Gasteiger charge is -2.46. The Morgan fingerprint density at radius 1 is 1.00 bits per heavy atom. The summed E-state index contributed by atoms with van der Waals surface area (Å²) in [5.74, 6) is -1.59. The summed E-state index contributed by atoms with van der Waals surface area (Å²) in [7, 11) is 0. The number of alkyl halides is 6. The largest absolute Gasteiger partial charge is 0.573 e. The van der Waals surface area contributed by atoms with E-state index in [0.29, 0.717) is 48.8 Å². The summed E-state index contributed by atoms with van der Waals surface area (Å²) in [6, 6.07) is 16.2. The third-order valence-electron chi connectivity index (χ3n) is 12.0. The van der Waals surface area contributed by atoms with E-state index in [1.165, 1.54) is 36.4 Å². The Kier molecular flexibility index (Phi) is 13.6. The van der Waals surface area contributed by atoms with Crippen LogP contribution in [0.4, 0.5) is 26.3 Å². The van der Waals surface area contributed by atoms with Crippen LogP contribution in [0.1, 0.15) is 96.7 Å². The predicted molar refractivity (Wildman–Crippen MR) is 212 cm³/mol. The molecule has 0 aliphatic heterocycles. The fourth-order valence-electron chi connectivity index (χ4n) is 8.79. The van der Waals surface area contributed by atoms with Crippen molar-refractivity contribution in [3.63, 3.8) is 0 Å². The summed E-state index contributed by atoms with van der Waals surface area (Å²) in [5, 5.41) is 44.3. The van der Waals surface area contributed by atoms with Crippen LogP contribution in [0.3, 0.4) is 0 Å². The number of fused-ring (bicyclic) bond motifs is 8. The van der Waals surface area contributed by atoms with Crippen LogP contribution in [0.25, 0.3) is 11.3 Å². The number of hydrogen-bond donors (Lipinski definition) is 4. The van der Waals surface area contributed by atoms with Crippen LogP contribution in [0.15, 0.2) is 88.9 Å². The molecule has 0 saturated heterocycles. The van der Waals surface area contributed by atoms with Gasteiger partial charge in [0.25, 0.3) is 0 Å². The van der Waals surface area contributed by atoms with Crippen molar-refractivity contribution in [2.75, 3.05) is 19.7 Å². The molecule has 3 aliphatic carbocycles. The van der Waals surface area contributed by atoms with Crippen molar-refractivity contribution in [3.05, 3.63) is 123 Å². The smallest absolute Gasteiger partial charge is 0.453 e. The van der Waals surface area contributed by atoms with E-state index in [0.717, 1.165) is 23.8 Å². The van der Waals surface area contributed by atoms with Crippen LogP contribution in [0.5, 0.6) is 5.75 Å². The lowest BCUT2D eigenvalue weighted by molar-refractivity contribution is -0.274. The summed E-state index contributed by atoms with van der Waals surface area (Å²) < 4.78 is 89.3. The van der Waals surface area contributed by atoms with Gasteiger partial charge in [-0.3, -0.25) is 9.69 Å². The summed E-state index contributed by atoms with van der Waals surface area (Å²) in [4.78, 5) is 16.3. The molecule has 4 N–H and O–H groups in total. The molecule has 15 heteroatoms. The number of furan rings is 1. The molecule has 60 heavy (non-hydrogen) atoms. The molecule has 5 atom stereocenters. The zero-order chi connectivity index (χ0) is 43.6. The number of rotatable bonds is 11. The molecule has 7 rings (SSSR count). The number of ether oxygens (including phenoxy) is 1. The number of halogens is 7. The molecular weight excluding hydrogens is 816 g/mol. The fraction of sp³-hybridized carbons (Fsp3) is 0.444. The van der Waals surface area contributed by atoms with Crippen molar-refractivity contribution in [2.45, 2.75) is 102 Å². The van der Waals surface area contributed by atoms with Gasteiger partial charge in [0.1, 0.15) is 11.5 Å². The number of hydrogen-bond acceptors (Lipinski definition) is 8. The molecule has 1 aromatic heterocycles. The monoisotopic (exact) mass is 863 g/mol. The zero-order valence-corrected chi connectivity index (χ0v) is 33.9. The van der Waals surface area contributed by atoms with Crippen LogP contribution in [0, 0.1) is 5.41 Å². The predicted octanol–water partition coefficient (Wildman–Crippen LogP) is 9.64. The molecule has 0 unspecified atom stereocenters. The minimum absolute atomic E-state index is 0.00654. The van der Waals surface area contributed by atoms with Gasteiger partial charge >= 0.3 is 12.5 Å². The molecule has 4 aromatic rings. The Balaban J connectivity index is 1.39. The normalized spacial score (nSPS) is 23.3. The number of aliphatic hydroxyl groups excluding tert-OH is 3. The minimum atomic E-state index is -4.87. The second-order valence-electron chi connectivity index (χ2n) is 16.3. The number of benzene rings is 3. The first-order valence-electron chi connectivity index (χ1n) is 19.7. The first-order chi connectivity index (χ1) is 28.2. The molecule has 0 radical (unpaired) electrons. The van der Waals surface area contributed by atoms with Crippen molar-refractivity contribution in [1.29, 1.82) is 0 Å². The van der Waals surface area contributed by atoms with Crippen LogP contribution >= 0.6 is 11.6 Å². The standard InChI is InChI=1S/C45H48ClF6NO7/c1-27-4-3-18-42(2)37(17-19-43(42,58)26-53(24-32(56)25-54)23-28-6-11-33(12-7-28)60-45(50,51)52)34-13-8-29(20-31(55)10-5-27)21-35(34)41(57)40-16-15-39(59-40)36-22-30(44(47,48)49)9-14-38(36)46/h4,6-9,11-16,21-22,31-32,37,54-56,58H,3,5,10,17-20,23-26H2,1-2H3/t31-,32-,37-,42-,43+/m0/s1. The topological polar surface area (TPSA) is 124 Å². The second kappa shape index (κ2) is 18.0. The van der Waals surface area contributed by atoms with Crippen molar-refractivity contribution in [2.24, 2.45) is 5.41 Å². The molecule has 0 spiro atoms. The van der Waals surface area contributed by atoms with E-state index in [4.69, 9.17) is 16.0 Å². The minimum Gasteiger partial charge on any atom is -0.453 e. The van der Waals surface area contributed by atoms with Gasteiger partial charge in [-0.25, -0.2) is 0 Å². The third-order valence-corrected chi connectivity index (χ3v) is 12.4. The number of aliphatic hydroxyl groups is 4. The highest BCUT2D eigenvalue weighted by Gasteiger charge is 2.57. The molecule has 1 heterocycles. The van der Waals surface area contributed by atoms with Gasteiger partial charge in [-0.05, 0) is 123 Å². The van der Waals surface area contributed by atoms with E-state index < -0.39 is 65.4 Å². The first-order valence-corrected chi connectivity index (χ1v) is 20.1. The molecular formula is C45H48ClF6NO7. The number of nitrogens with zero attached hydrogens (tertiary/aromatic N) is 1. The van der Waals surface area contributed by atoms with Crippen LogP contribution in [-0.4, -0.2) is 75.0 Å². The Morgan fingerprint density at radius 3 is 2.42 bits per heavy atom. The third kappa shape index (κ3) is 10.5. The fourth-order valence-corrected chi connectivity index (χ4v) is 9.00. The molecule has 3 aromatic carbocycles. The van der Waals surface area contributed by atoms with E-state index >= 15 is 0 Å². The van der Waals surface area contributed by atoms with E-state index in [1.54, 1.807) is 11.0 Å². The molecule has 8 nitrogen and oxygen atoms in total. The van der Waals surface area contributed by atoms with Crippen molar-refractivity contribution < 1.29 is 60.7 Å². The summed E-state index contributed by atoms with van der Waals surface area (Å²) >= 11 is 6.30. The Hall–Kier alpha value is -4.18. The SMILES string of the molecule is CC1=CCC[C@@]2(C)[C@@H](CC[C@@]2(O)CN(Cc2ccc(OC(F)(F)F)cc2)C[C@H](O)CO)c2ccc(cc2C(=O)c2ccc(-c3cc(C(F)(F)F)ccc3Cl)o2)C[C@@H](O)CC1. The average Bonchev–Trinajstić information content (AvgIpc) is 3.76. The maximum atomic E-state index is 14.6. The second-order valence-corrected chi connectivity index (χ2v) is 16.7. The van der Waals surface area contributed by atoms with E-state index in [2.05, 4.69) is 10.8 Å². The van der Waals surface area contributed by atoms with E-state index in [9.17, 15) is 51.6 Å². The molecule has 3 aliphatic rings. The summed E-state index contributed by atoms with van der Waals surface area (Å²) in [5.41, 5.74) is -0.226. The maximum absolute atomic E-state index is 14.6. The number of carbonyl (C=O) groups is 1. The van der Waals surface area contributed by atoms with Crippen LogP contribution < -0.4 is 4.74 Å². The van der Waals surface area contributed by atoms with Crippen molar-refractivity contribution >= 4 is 17.4 Å². The summed E-state index contributed by atoms with van der Waals surface area (Å²) in [6.45, 7) is 3.39. The highest BCUT2D eigenvalue weighted by molar-refractivity contribution is 6.33. The Bertz CT molecular complexity index is 2170. The van der Waals surface area contributed by atoms with Gasteiger partial charge < -0.3 is 29.6 Å². The quantitative estimate of drug-likeness (QED) is 0.0668. The number of carbonyl (C=O) groups excluding carboxylic acids is 1. The van der Waals surface area contributed by atoms with Gasteiger partial charge in [0, 0.05) is 36.2 Å². The van der Waals surface area contributed by atoms with Gasteiger partial charge in [0.2, 0.25) is 5.78 Å². The van der Waals surface area contributed by atoms with Gasteiger partial charge in [0.05, 0.1) is 35.0 Å². The molecule has 0 amide bonds. The number of ketones is 1. The summed E-state index contributed by atoms with van der Waals surface area (Å²) in [6.07, 6.45) is -6.37. The molecule has 1 saturated carbocycles. The van der Waals surface area contributed by atoms with E-state index in [-0.39, 0.29) is 60.1 Å². The van der Waals surface area contributed by atoms with Gasteiger partial charge in [-0.15, -0.1) is 13.2 Å². The lowest BCUT2D eigenvalue weighted by Crippen LogP contribution is -2.53.